The van der Waals surface area contributed by atoms with Gasteiger partial charge in [0.05, 0.1) is 0 Å². The van der Waals surface area contributed by atoms with Crippen molar-refractivity contribution in [2.45, 2.75) is 12.9 Å². The Bertz CT molecular complexity index is 337. The van der Waals surface area contributed by atoms with Crippen molar-refractivity contribution in [3.8, 4) is 0 Å². The van der Waals surface area contributed by atoms with Gasteiger partial charge in [-0.05, 0) is 17.9 Å². The van der Waals surface area contributed by atoms with Crippen LogP contribution in [-0.4, -0.2) is 38.8 Å². The van der Waals surface area contributed by atoms with Gasteiger partial charge in [-0.2, -0.15) is 0 Å². The molecule has 1 aromatic heterocycles. The van der Waals surface area contributed by atoms with Gasteiger partial charge < -0.3 is 14.9 Å². The van der Waals surface area contributed by atoms with E-state index in [4.69, 9.17) is 10.0 Å². The van der Waals surface area contributed by atoms with Gasteiger partial charge in [0.15, 0.2) is 0 Å². The summed E-state index contributed by atoms with van der Waals surface area (Å²) in [6.45, 7) is 0.609. The lowest BCUT2D eigenvalue weighted by Crippen LogP contribution is -2.30. The van der Waals surface area contributed by atoms with Crippen LogP contribution in [0.25, 0.3) is 0 Å². The number of thiol groups is 1. The van der Waals surface area contributed by atoms with Gasteiger partial charge in [-0.3, -0.25) is 9.78 Å². The van der Waals surface area contributed by atoms with E-state index in [1.54, 1.807) is 18.5 Å². The van der Waals surface area contributed by atoms with Gasteiger partial charge >= 0.3 is 7.12 Å². The van der Waals surface area contributed by atoms with E-state index in [1.165, 1.54) is 4.90 Å². The maximum atomic E-state index is 11.2. The quantitative estimate of drug-likeness (QED) is 0.514. The fraction of sp³-hybridized carbons (Fsp3) is 0.333. The summed E-state index contributed by atoms with van der Waals surface area (Å²) in [5.41, 5.74) is 0.873. The molecule has 0 saturated heterocycles. The molecule has 0 atom stereocenters. The van der Waals surface area contributed by atoms with Crippen LogP contribution in [0.4, 0.5) is 4.79 Å². The van der Waals surface area contributed by atoms with Crippen molar-refractivity contribution in [3.05, 3.63) is 30.1 Å². The Morgan fingerprint density at radius 1 is 1.56 bits per heavy atom. The first-order valence-electron chi connectivity index (χ1n) is 4.82. The minimum absolute atomic E-state index is 0.104. The highest BCUT2D eigenvalue weighted by Gasteiger charge is 2.14. The molecule has 0 spiro atoms. The lowest BCUT2D eigenvalue weighted by Gasteiger charge is -2.19. The van der Waals surface area contributed by atoms with Crippen LogP contribution in [0, 0.1) is 0 Å². The van der Waals surface area contributed by atoms with Gasteiger partial charge in [0.25, 0.3) is 5.24 Å². The molecule has 0 aliphatic rings. The second-order valence-electron chi connectivity index (χ2n) is 3.33. The molecule has 0 unspecified atom stereocenters. The molecule has 7 heteroatoms. The normalized spacial score (nSPS) is 9.94. The zero-order chi connectivity index (χ0) is 12.0. The molecular weight excluding hydrogens is 227 g/mol. The first-order valence-corrected chi connectivity index (χ1v) is 5.27. The van der Waals surface area contributed by atoms with Gasteiger partial charge in [-0.1, -0.05) is 18.7 Å². The second kappa shape index (κ2) is 6.52. The molecule has 0 saturated carbocycles. The fourth-order valence-electron chi connectivity index (χ4n) is 1.23. The highest BCUT2D eigenvalue weighted by Crippen LogP contribution is 2.07. The number of hydrogen-bond donors (Lipinski definition) is 3. The lowest BCUT2D eigenvalue weighted by molar-refractivity contribution is 0.222. The Hall–Kier alpha value is -1.05. The Balaban J connectivity index is 2.55. The molecule has 1 heterocycles. The number of amides is 1. The molecule has 0 aliphatic heterocycles. The van der Waals surface area contributed by atoms with Crippen molar-refractivity contribution in [1.82, 2.24) is 9.88 Å². The summed E-state index contributed by atoms with van der Waals surface area (Å²) in [5.74, 6) is 0. The number of hydrogen-bond acceptors (Lipinski definition) is 4. The van der Waals surface area contributed by atoms with Gasteiger partial charge in [-0.25, -0.2) is 0 Å². The number of pyridine rings is 1. The van der Waals surface area contributed by atoms with E-state index in [0.717, 1.165) is 5.56 Å². The Morgan fingerprint density at radius 2 is 2.31 bits per heavy atom. The first-order chi connectivity index (χ1) is 7.59. The molecule has 5 nitrogen and oxygen atoms in total. The van der Waals surface area contributed by atoms with Gasteiger partial charge in [0.1, 0.15) is 0 Å². The maximum Gasteiger partial charge on any atom is 0.453 e. The van der Waals surface area contributed by atoms with Crippen LogP contribution in [0.15, 0.2) is 24.5 Å². The van der Waals surface area contributed by atoms with Crippen molar-refractivity contribution in [1.29, 1.82) is 0 Å². The van der Waals surface area contributed by atoms with Crippen LogP contribution in [-0.2, 0) is 6.54 Å². The number of nitrogens with zero attached hydrogens (tertiary/aromatic N) is 2. The van der Waals surface area contributed by atoms with Crippen LogP contribution >= 0.6 is 12.6 Å². The third-order valence-corrected chi connectivity index (χ3v) is 2.31. The van der Waals surface area contributed by atoms with E-state index >= 15 is 0 Å². The van der Waals surface area contributed by atoms with E-state index in [9.17, 15) is 4.79 Å². The van der Waals surface area contributed by atoms with Crippen LogP contribution < -0.4 is 0 Å². The first kappa shape index (κ1) is 13.0. The third kappa shape index (κ3) is 4.65. The van der Waals surface area contributed by atoms with Crippen LogP contribution in [0.5, 0.6) is 0 Å². The number of aromatic nitrogens is 1. The van der Waals surface area contributed by atoms with E-state index in [0.29, 0.717) is 6.54 Å². The summed E-state index contributed by atoms with van der Waals surface area (Å²) in [4.78, 5) is 16.5. The van der Waals surface area contributed by atoms with Crippen LogP contribution in [0.2, 0.25) is 6.32 Å². The maximum absolute atomic E-state index is 11.2. The molecular formula is C9H13BN2O3S. The summed E-state index contributed by atoms with van der Waals surface area (Å²) in [6.07, 6.45) is 3.40. The lowest BCUT2D eigenvalue weighted by atomic mass is 9.86. The van der Waals surface area contributed by atoms with Crippen molar-refractivity contribution in [2.24, 2.45) is 0 Å². The monoisotopic (exact) mass is 240 g/mol. The summed E-state index contributed by atoms with van der Waals surface area (Å²) >= 11 is 3.73. The smallest absolute Gasteiger partial charge is 0.427 e. The average Bonchev–Trinajstić information content (AvgIpc) is 2.25. The molecule has 1 amide bonds. The Kier molecular flexibility index (Phi) is 5.31. The number of rotatable bonds is 5. The fourth-order valence-corrected chi connectivity index (χ4v) is 1.40. The third-order valence-electron chi connectivity index (χ3n) is 2.02. The van der Waals surface area contributed by atoms with E-state index in [2.05, 4.69) is 17.6 Å². The highest BCUT2D eigenvalue weighted by molar-refractivity contribution is 7.96. The summed E-state index contributed by atoms with van der Waals surface area (Å²) in [5, 5.41) is 17.1. The van der Waals surface area contributed by atoms with E-state index in [-0.39, 0.29) is 12.9 Å². The van der Waals surface area contributed by atoms with Crippen molar-refractivity contribution in [3.63, 3.8) is 0 Å². The SMILES string of the molecule is O=C(S)N(CCB(O)O)Cc1cccnc1. The van der Waals surface area contributed by atoms with Gasteiger partial charge in [0, 0.05) is 25.5 Å². The average molecular weight is 240 g/mol. The van der Waals surface area contributed by atoms with Gasteiger partial charge in [0.2, 0.25) is 0 Å². The van der Waals surface area contributed by atoms with Crippen LogP contribution in [0.3, 0.4) is 0 Å². The molecule has 86 valence electrons. The molecule has 0 aliphatic carbocycles. The zero-order valence-corrected chi connectivity index (χ0v) is 9.55. The molecule has 0 radical (unpaired) electrons. The minimum atomic E-state index is -1.41. The van der Waals surface area contributed by atoms with E-state index in [1.807, 2.05) is 6.07 Å². The van der Waals surface area contributed by atoms with Crippen molar-refractivity contribution >= 4 is 25.0 Å². The molecule has 0 bridgehead atoms. The molecule has 0 fully saturated rings. The molecule has 0 aromatic carbocycles. The van der Waals surface area contributed by atoms with Crippen molar-refractivity contribution < 1.29 is 14.8 Å². The number of carbonyl (C=O) groups excluding carboxylic acids is 1. The molecule has 16 heavy (non-hydrogen) atoms. The second-order valence-corrected chi connectivity index (χ2v) is 3.72. The topological polar surface area (TPSA) is 73.7 Å². The highest BCUT2D eigenvalue weighted by atomic mass is 32.1. The molecule has 1 rings (SSSR count). The largest absolute Gasteiger partial charge is 0.453 e. The summed E-state index contributed by atoms with van der Waals surface area (Å²) in [6, 6.07) is 3.61. The Labute approximate surface area is 99.7 Å². The summed E-state index contributed by atoms with van der Waals surface area (Å²) < 4.78 is 0. The van der Waals surface area contributed by atoms with Crippen LogP contribution in [0.1, 0.15) is 5.56 Å². The minimum Gasteiger partial charge on any atom is -0.427 e. The standard InChI is InChI=1S/C9H13BN2O3S/c13-9(16)12(5-3-10(14)15)7-8-2-1-4-11-6-8/h1-2,4,6,14-15H,3,5,7H2,(H,13,16). The summed E-state index contributed by atoms with van der Waals surface area (Å²) in [7, 11) is -1.41. The Morgan fingerprint density at radius 3 is 2.81 bits per heavy atom. The molecule has 2 N–H and O–H groups in total. The predicted octanol–water partition coefficient (Wildman–Crippen LogP) is 0.406. The predicted molar refractivity (Wildman–Crippen MR) is 64.0 cm³/mol. The van der Waals surface area contributed by atoms with E-state index < -0.39 is 12.4 Å². The zero-order valence-electron chi connectivity index (χ0n) is 8.65. The molecule has 1 aromatic rings. The van der Waals surface area contributed by atoms with Crippen molar-refractivity contribution in [2.75, 3.05) is 6.54 Å². The number of carbonyl (C=O) groups is 1. The van der Waals surface area contributed by atoms with Gasteiger partial charge in [-0.15, -0.1) is 0 Å².